The molecule has 21 heavy (non-hydrogen) atoms. The first-order chi connectivity index (χ1) is 9.97. The maximum Gasteiger partial charge on any atom is 0.259 e. The van der Waals surface area contributed by atoms with Gasteiger partial charge in [-0.3, -0.25) is 4.79 Å². The lowest BCUT2D eigenvalue weighted by Gasteiger charge is -2.33. The molecule has 1 fully saturated rings. The molecule has 1 N–H and O–H groups in total. The van der Waals surface area contributed by atoms with Gasteiger partial charge < -0.3 is 10.1 Å². The van der Waals surface area contributed by atoms with Gasteiger partial charge >= 0.3 is 0 Å². The zero-order chi connectivity index (χ0) is 15.6. The van der Waals surface area contributed by atoms with Crippen molar-refractivity contribution in [2.45, 2.75) is 19.8 Å². The molecule has 1 heterocycles. The van der Waals surface area contributed by atoms with Crippen molar-refractivity contribution in [1.82, 2.24) is 4.90 Å². The third kappa shape index (κ3) is 3.23. The second-order valence-electron chi connectivity index (χ2n) is 4.94. The van der Waals surface area contributed by atoms with Crippen molar-refractivity contribution in [3.05, 3.63) is 33.8 Å². The maximum absolute atomic E-state index is 13.9. The van der Waals surface area contributed by atoms with E-state index in [9.17, 15) is 13.6 Å². The van der Waals surface area contributed by atoms with Crippen LogP contribution in [0.4, 0.5) is 8.78 Å². The van der Waals surface area contributed by atoms with E-state index in [-0.39, 0.29) is 16.9 Å². The summed E-state index contributed by atoms with van der Waals surface area (Å²) in [6.07, 6.45) is 1.09. The highest BCUT2D eigenvalue weighted by Crippen LogP contribution is 2.24. The van der Waals surface area contributed by atoms with Crippen LogP contribution in [0.15, 0.2) is 21.8 Å². The zero-order valence-corrected chi connectivity index (χ0v) is 13.0. The molecule has 0 saturated carbocycles. The van der Waals surface area contributed by atoms with Crippen molar-refractivity contribution in [2.24, 2.45) is 11.1 Å². The molecule has 114 valence electrons. The van der Waals surface area contributed by atoms with Crippen LogP contribution in [0.25, 0.3) is 0 Å². The van der Waals surface area contributed by atoms with Gasteiger partial charge in [0.2, 0.25) is 0 Å². The van der Waals surface area contributed by atoms with E-state index >= 15 is 0 Å². The van der Waals surface area contributed by atoms with E-state index in [1.54, 1.807) is 0 Å². The van der Waals surface area contributed by atoms with E-state index in [0.717, 1.165) is 12.1 Å². The predicted molar refractivity (Wildman–Crippen MR) is 77.6 cm³/mol. The van der Waals surface area contributed by atoms with Crippen molar-refractivity contribution < 1.29 is 18.8 Å². The summed E-state index contributed by atoms with van der Waals surface area (Å²) >= 11 is 2.98. The van der Waals surface area contributed by atoms with Gasteiger partial charge in [0.1, 0.15) is 17.2 Å². The number of rotatable bonds is 2. The minimum Gasteiger partial charge on any atom is -0.411 e. The molecule has 1 aromatic rings. The second-order valence-corrected chi connectivity index (χ2v) is 5.86. The Kier molecular flexibility index (Phi) is 4.92. The van der Waals surface area contributed by atoms with E-state index in [2.05, 4.69) is 21.1 Å². The minimum absolute atomic E-state index is 0.0886. The molecule has 4 nitrogen and oxygen atoms in total. The lowest BCUT2D eigenvalue weighted by molar-refractivity contribution is 0.0719. The Morgan fingerprint density at radius 3 is 2.62 bits per heavy atom. The van der Waals surface area contributed by atoms with Crippen LogP contribution < -0.4 is 0 Å². The average molecular weight is 361 g/mol. The Morgan fingerprint density at radius 2 is 2.10 bits per heavy atom. The predicted octanol–water partition coefficient (Wildman–Crippen LogP) is 3.43. The first-order valence-electron chi connectivity index (χ1n) is 6.62. The number of halogens is 3. The number of benzene rings is 1. The minimum atomic E-state index is -0.887. The summed E-state index contributed by atoms with van der Waals surface area (Å²) in [5.41, 5.74) is 0.0794. The monoisotopic (exact) mass is 360 g/mol. The van der Waals surface area contributed by atoms with Crippen LogP contribution in [-0.2, 0) is 0 Å². The molecular weight excluding hydrogens is 346 g/mol. The lowest BCUT2D eigenvalue weighted by atomic mass is 9.93. The number of carbonyl (C=O) groups is 1. The van der Waals surface area contributed by atoms with Crippen molar-refractivity contribution >= 4 is 27.5 Å². The molecule has 0 bridgehead atoms. The fraction of sp³-hybridized carbons (Fsp3) is 0.429. The largest absolute Gasteiger partial charge is 0.411 e. The number of likely N-dealkylation sites (tertiary alicyclic amines) is 1. The molecule has 1 aliphatic heterocycles. The smallest absolute Gasteiger partial charge is 0.259 e. The summed E-state index contributed by atoms with van der Waals surface area (Å²) in [6.45, 7) is 2.48. The third-order valence-electron chi connectivity index (χ3n) is 3.68. The van der Waals surface area contributed by atoms with E-state index in [1.807, 2.05) is 6.92 Å². The summed E-state index contributed by atoms with van der Waals surface area (Å²) in [4.78, 5) is 13.7. The van der Waals surface area contributed by atoms with Crippen LogP contribution in [0.1, 0.15) is 30.1 Å². The zero-order valence-electron chi connectivity index (χ0n) is 11.4. The standard InChI is InChI=1S/C14H15BrF2N2O2/c1-2-8-7-19(4-3-12(8)18-21)14(20)13-10(16)5-9(15)6-11(13)17/h5-6,8,21H,2-4,7H2,1H3. The summed E-state index contributed by atoms with van der Waals surface area (Å²) in [7, 11) is 0. The second kappa shape index (κ2) is 6.51. The molecule has 1 unspecified atom stereocenters. The topological polar surface area (TPSA) is 52.9 Å². The molecule has 7 heteroatoms. The van der Waals surface area contributed by atoms with Gasteiger partial charge in [-0.2, -0.15) is 0 Å². The highest BCUT2D eigenvalue weighted by Gasteiger charge is 2.31. The fourth-order valence-electron chi connectivity index (χ4n) is 2.50. The SMILES string of the molecule is CCC1CN(C(=O)c2c(F)cc(Br)cc2F)CCC1=NO. The molecule has 1 aromatic carbocycles. The van der Waals surface area contributed by atoms with Gasteiger partial charge in [-0.15, -0.1) is 0 Å². The molecular formula is C14H15BrF2N2O2. The van der Waals surface area contributed by atoms with Gasteiger partial charge in [0.05, 0.1) is 5.71 Å². The van der Waals surface area contributed by atoms with Crippen LogP contribution in [-0.4, -0.2) is 34.8 Å². The van der Waals surface area contributed by atoms with Gasteiger partial charge in [-0.1, -0.05) is 28.0 Å². The summed E-state index contributed by atoms with van der Waals surface area (Å²) < 4.78 is 28.0. The Hall–Kier alpha value is -1.50. The van der Waals surface area contributed by atoms with Crippen LogP contribution in [0, 0.1) is 17.6 Å². The molecule has 0 aliphatic carbocycles. The van der Waals surface area contributed by atoms with E-state index < -0.39 is 23.1 Å². The Balaban J connectivity index is 2.26. The molecule has 1 aliphatic rings. The van der Waals surface area contributed by atoms with E-state index in [4.69, 9.17) is 5.21 Å². The van der Waals surface area contributed by atoms with Gasteiger partial charge in [0.15, 0.2) is 0 Å². The Labute approximate surface area is 129 Å². The first kappa shape index (κ1) is 15.9. The average Bonchev–Trinajstić information content (AvgIpc) is 2.45. The normalized spacial score (nSPS) is 20.9. The number of oxime groups is 1. The molecule has 0 radical (unpaired) electrons. The van der Waals surface area contributed by atoms with Crippen molar-refractivity contribution in [3.8, 4) is 0 Å². The highest BCUT2D eigenvalue weighted by atomic mass is 79.9. The molecule has 2 rings (SSSR count). The van der Waals surface area contributed by atoms with Gasteiger partial charge in [0.25, 0.3) is 5.91 Å². The number of amides is 1. The summed E-state index contributed by atoms with van der Waals surface area (Å²) in [5, 5.41) is 12.1. The maximum atomic E-state index is 13.9. The number of nitrogens with zero attached hydrogens (tertiary/aromatic N) is 2. The van der Waals surface area contributed by atoms with Crippen molar-refractivity contribution in [3.63, 3.8) is 0 Å². The Bertz CT molecular complexity index is 569. The van der Waals surface area contributed by atoms with Gasteiger partial charge in [-0.05, 0) is 18.6 Å². The number of piperidine rings is 1. The fourth-order valence-corrected chi connectivity index (χ4v) is 2.90. The summed E-state index contributed by atoms with van der Waals surface area (Å²) in [5.74, 6) is -2.54. The van der Waals surface area contributed by atoms with Crippen LogP contribution >= 0.6 is 15.9 Å². The molecule has 1 amide bonds. The van der Waals surface area contributed by atoms with Crippen molar-refractivity contribution in [1.29, 1.82) is 0 Å². The van der Waals surface area contributed by atoms with E-state index in [0.29, 0.717) is 25.1 Å². The van der Waals surface area contributed by atoms with Gasteiger partial charge in [0, 0.05) is 29.9 Å². The Morgan fingerprint density at radius 1 is 1.48 bits per heavy atom. The van der Waals surface area contributed by atoms with Crippen LogP contribution in [0.3, 0.4) is 0 Å². The number of hydrogen-bond acceptors (Lipinski definition) is 3. The third-order valence-corrected chi connectivity index (χ3v) is 4.14. The lowest BCUT2D eigenvalue weighted by Crippen LogP contribution is -2.44. The van der Waals surface area contributed by atoms with E-state index in [1.165, 1.54) is 4.90 Å². The van der Waals surface area contributed by atoms with Crippen molar-refractivity contribution in [2.75, 3.05) is 13.1 Å². The quantitative estimate of drug-likeness (QED) is 0.648. The van der Waals surface area contributed by atoms with Crippen LogP contribution in [0.2, 0.25) is 0 Å². The molecule has 1 atom stereocenters. The van der Waals surface area contributed by atoms with Gasteiger partial charge in [-0.25, -0.2) is 8.78 Å². The van der Waals surface area contributed by atoms with Crippen LogP contribution in [0.5, 0.6) is 0 Å². The number of hydrogen-bond donors (Lipinski definition) is 1. The molecule has 0 spiro atoms. The summed E-state index contributed by atoms with van der Waals surface area (Å²) in [6, 6.07) is 2.14. The highest BCUT2D eigenvalue weighted by molar-refractivity contribution is 9.10. The first-order valence-corrected chi connectivity index (χ1v) is 7.41. The number of carbonyl (C=O) groups excluding carboxylic acids is 1. The molecule has 1 saturated heterocycles. The molecule has 0 aromatic heterocycles.